The Bertz CT molecular complexity index is 1460. The Hall–Kier alpha value is -1.94. The van der Waals surface area contributed by atoms with E-state index in [1.807, 2.05) is 0 Å². The molecule has 0 amide bonds. The minimum atomic E-state index is -4.93. The normalized spacial score (nSPS) is 14.6. The van der Waals surface area contributed by atoms with Gasteiger partial charge in [-0.25, -0.2) is 9.13 Å². The molecule has 19 heteroatoms. The minimum Gasteiger partial charge on any atom is -0.462 e. The summed E-state index contributed by atoms with van der Waals surface area (Å²) in [5.74, 6) is -0.786. The van der Waals surface area contributed by atoms with Gasteiger partial charge in [-0.05, 0) is 37.5 Å². The highest BCUT2D eigenvalue weighted by atomic mass is 31.2. The van der Waals surface area contributed by atoms with Crippen LogP contribution in [-0.4, -0.2) is 96.7 Å². The number of aliphatic hydroxyl groups is 1. The molecule has 0 rings (SSSR count). The molecule has 73 heavy (non-hydrogen) atoms. The molecule has 3 N–H and O–H groups in total. The topological polar surface area (TPSA) is 237 Å². The van der Waals surface area contributed by atoms with Crippen molar-refractivity contribution >= 4 is 39.5 Å². The number of aliphatic hydroxyl groups excluding tert-OH is 1. The molecule has 0 aromatic rings. The second-order valence-corrected chi connectivity index (χ2v) is 23.5. The van der Waals surface area contributed by atoms with E-state index in [1.165, 1.54) is 38.5 Å². The van der Waals surface area contributed by atoms with E-state index in [2.05, 4.69) is 41.5 Å². The zero-order valence-electron chi connectivity index (χ0n) is 46.4. The first kappa shape index (κ1) is 71.1. The average Bonchev–Trinajstić information content (AvgIpc) is 3.33. The van der Waals surface area contributed by atoms with Crippen LogP contribution in [0.1, 0.15) is 253 Å². The Morgan fingerprint density at radius 3 is 0.932 bits per heavy atom. The molecule has 432 valence electrons. The van der Waals surface area contributed by atoms with E-state index >= 15 is 0 Å². The van der Waals surface area contributed by atoms with Gasteiger partial charge < -0.3 is 33.8 Å². The molecule has 0 saturated heterocycles. The third-order valence-corrected chi connectivity index (χ3v) is 14.1. The zero-order valence-corrected chi connectivity index (χ0v) is 48.2. The van der Waals surface area contributed by atoms with Crippen molar-refractivity contribution in [3.8, 4) is 0 Å². The highest BCUT2D eigenvalue weighted by Gasteiger charge is 2.30. The van der Waals surface area contributed by atoms with E-state index < -0.39 is 97.5 Å². The van der Waals surface area contributed by atoms with Gasteiger partial charge in [-0.3, -0.25) is 37.3 Å². The van der Waals surface area contributed by atoms with Crippen LogP contribution in [0.15, 0.2) is 0 Å². The monoisotopic (exact) mass is 1090 g/mol. The summed E-state index contributed by atoms with van der Waals surface area (Å²) in [6, 6.07) is 0. The number of unbranched alkanes of at least 4 members (excludes halogenated alkanes) is 23. The van der Waals surface area contributed by atoms with Crippen molar-refractivity contribution < 1.29 is 80.2 Å². The molecule has 0 spiro atoms. The van der Waals surface area contributed by atoms with Gasteiger partial charge in [0.25, 0.3) is 0 Å². The summed E-state index contributed by atoms with van der Waals surface area (Å²) in [6.45, 7) is 9.17. The van der Waals surface area contributed by atoms with E-state index in [-0.39, 0.29) is 25.7 Å². The molecule has 0 heterocycles. The summed E-state index contributed by atoms with van der Waals surface area (Å²) < 4.78 is 67.3. The Kier molecular flexibility index (Phi) is 46.0. The van der Waals surface area contributed by atoms with Crippen LogP contribution in [0.3, 0.4) is 0 Å². The van der Waals surface area contributed by atoms with Gasteiger partial charge in [0.2, 0.25) is 0 Å². The van der Waals surface area contributed by atoms with Crippen LogP contribution in [0.2, 0.25) is 0 Å². The smallest absolute Gasteiger partial charge is 0.462 e. The van der Waals surface area contributed by atoms with Crippen LogP contribution in [0.5, 0.6) is 0 Å². The van der Waals surface area contributed by atoms with Crippen molar-refractivity contribution in [2.45, 2.75) is 272 Å². The SMILES string of the molecule is CCCCCCCCCC(=O)OC[C@H](COP(=O)(O)OC[C@H](O)COP(=O)(O)OC[C@@H](COC(=O)CCCCCCCCC(C)C)OC(=O)CCCCCCCCCC(C)C)OC(=O)CCCCCCCCC. The Morgan fingerprint density at radius 1 is 0.370 bits per heavy atom. The number of carbonyl (C=O) groups is 4. The van der Waals surface area contributed by atoms with Crippen molar-refractivity contribution in [1.82, 2.24) is 0 Å². The predicted octanol–water partition coefficient (Wildman–Crippen LogP) is 13.7. The van der Waals surface area contributed by atoms with Crippen LogP contribution in [0, 0.1) is 11.8 Å². The summed E-state index contributed by atoms with van der Waals surface area (Å²) in [6.07, 6.45) is 25.8. The van der Waals surface area contributed by atoms with Crippen LogP contribution >= 0.6 is 15.6 Å². The van der Waals surface area contributed by atoms with Gasteiger partial charge in [0.05, 0.1) is 26.4 Å². The molecule has 0 fully saturated rings. The quantitative estimate of drug-likeness (QED) is 0.0222. The van der Waals surface area contributed by atoms with Gasteiger partial charge in [-0.1, -0.05) is 202 Å². The molecule has 5 atom stereocenters. The molecule has 0 aromatic heterocycles. The fourth-order valence-electron chi connectivity index (χ4n) is 7.76. The van der Waals surface area contributed by atoms with Gasteiger partial charge in [-0.15, -0.1) is 0 Å². The molecule has 0 aliphatic heterocycles. The first-order valence-corrected chi connectivity index (χ1v) is 31.5. The fraction of sp³-hybridized carbons (Fsp3) is 0.926. The molecule has 2 unspecified atom stereocenters. The summed E-state index contributed by atoms with van der Waals surface area (Å²) in [4.78, 5) is 71.4. The molecular weight excluding hydrogens is 983 g/mol. The Balaban J connectivity index is 5.20. The van der Waals surface area contributed by atoms with Crippen LogP contribution in [-0.2, 0) is 65.4 Å². The lowest BCUT2D eigenvalue weighted by Gasteiger charge is -2.21. The van der Waals surface area contributed by atoms with E-state index in [9.17, 15) is 43.2 Å². The predicted molar refractivity (Wildman–Crippen MR) is 285 cm³/mol. The molecule has 17 nitrogen and oxygen atoms in total. The highest BCUT2D eigenvalue weighted by Crippen LogP contribution is 2.45. The second-order valence-electron chi connectivity index (χ2n) is 20.6. The van der Waals surface area contributed by atoms with Crippen LogP contribution < -0.4 is 0 Å². The van der Waals surface area contributed by atoms with E-state index in [0.29, 0.717) is 37.5 Å². The van der Waals surface area contributed by atoms with Crippen molar-refractivity contribution in [2.24, 2.45) is 11.8 Å². The molecule has 0 aliphatic rings. The summed E-state index contributed by atoms with van der Waals surface area (Å²) in [5, 5.41) is 10.4. The van der Waals surface area contributed by atoms with Gasteiger partial charge >= 0.3 is 39.5 Å². The van der Waals surface area contributed by atoms with Gasteiger partial charge in [0.1, 0.15) is 19.3 Å². The standard InChI is InChI=1S/C54H104O17P2/c1-7-9-11-13-16-24-30-36-51(56)64-42-49(70-53(58)38-32-26-17-14-12-10-8-2)44-68-72(60,61)66-40-48(55)41-67-73(62,63)69-45-50(43-65-52(57)37-31-25-21-20-23-29-35-47(5)6)71-54(59)39-33-27-19-15-18-22-28-34-46(3)4/h46-50,55H,7-45H2,1-6H3,(H,60,61)(H,62,63)/t48-,49+,50+/m0/s1. The number of phosphoric acid groups is 2. The number of carbonyl (C=O) groups excluding carboxylic acids is 4. The summed E-state index contributed by atoms with van der Waals surface area (Å²) in [5.41, 5.74) is 0. The number of rotatable bonds is 53. The maximum absolute atomic E-state index is 12.9. The highest BCUT2D eigenvalue weighted by molar-refractivity contribution is 7.47. The third kappa shape index (κ3) is 49.4. The number of hydrogen-bond donors (Lipinski definition) is 3. The van der Waals surface area contributed by atoms with Crippen LogP contribution in [0.4, 0.5) is 0 Å². The Morgan fingerprint density at radius 2 is 0.630 bits per heavy atom. The maximum Gasteiger partial charge on any atom is 0.472 e. The van der Waals surface area contributed by atoms with E-state index in [4.69, 9.17) is 37.0 Å². The van der Waals surface area contributed by atoms with Gasteiger partial charge in [0.15, 0.2) is 12.2 Å². The van der Waals surface area contributed by atoms with Crippen molar-refractivity contribution in [3.63, 3.8) is 0 Å². The number of esters is 4. The minimum absolute atomic E-state index is 0.102. The lowest BCUT2D eigenvalue weighted by molar-refractivity contribution is -0.161. The first-order valence-electron chi connectivity index (χ1n) is 28.5. The van der Waals surface area contributed by atoms with Crippen molar-refractivity contribution in [1.29, 1.82) is 0 Å². The molecule has 0 aromatic carbocycles. The molecular formula is C54H104O17P2. The molecule has 0 radical (unpaired) electrons. The maximum atomic E-state index is 12.9. The first-order chi connectivity index (χ1) is 34.9. The third-order valence-electron chi connectivity index (χ3n) is 12.2. The summed E-state index contributed by atoms with van der Waals surface area (Å²) >= 11 is 0. The molecule has 0 aliphatic carbocycles. The zero-order chi connectivity index (χ0) is 54.4. The van der Waals surface area contributed by atoms with Gasteiger partial charge in [0, 0.05) is 25.7 Å². The average molecular weight is 1090 g/mol. The summed E-state index contributed by atoms with van der Waals surface area (Å²) in [7, 11) is -9.86. The molecule has 0 saturated carbocycles. The van der Waals surface area contributed by atoms with Crippen LogP contribution in [0.25, 0.3) is 0 Å². The van der Waals surface area contributed by atoms with Crippen molar-refractivity contribution in [3.05, 3.63) is 0 Å². The molecule has 0 bridgehead atoms. The lowest BCUT2D eigenvalue weighted by atomic mass is 10.0. The second kappa shape index (κ2) is 47.3. The van der Waals surface area contributed by atoms with E-state index in [1.54, 1.807) is 0 Å². The fourth-order valence-corrected chi connectivity index (χ4v) is 9.34. The number of ether oxygens (including phenoxy) is 4. The van der Waals surface area contributed by atoms with Crippen molar-refractivity contribution in [2.75, 3.05) is 39.6 Å². The lowest BCUT2D eigenvalue weighted by Crippen LogP contribution is -2.30. The van der Waals surface area contributed by atoms with Gasteiger partial charge in [-0.2, -0.15) is 0 Å². The van der Waals surface area contributed by atoms with E-state index in [0.717, 1.165) is 122 Å². The Labute approximate surface area is 441 Å². The number of hydrogen-bond acceptors (Lipinski definition) is 15. The largest absolute Gasteiger partial charge is 0.472 e. The number of phosphoric ester groups is 2.